The Bertz CT molecular complexity index is 545. The molecule has 0 aromatic heterocycles. The quantitative estimate of drug-likeness (QED) is 0.760. The fourth-order valence-corrected chi connectivity index (χ4v) is 7.53. The lowest BCUT2D eigenvalue weighted by Gasteiger charge is -2.62. The topological polar surface area (TPSA) is 57.5 Å². The highest BCUT2D eigenvalue weighted by Gasteiger charge is 2.66. The van der Waals surface area contributed by atoms with E-state index in [4.69, 9.17) is 0 Å². The molecule has 3 nitrogen and oxygen atoms in total. The summed E-state index contributed by atoms with van der Waals surface area (Å²) in [5.41, 5.74) is -0.301. The maximum Gasteiger partial charge on any atom is 0.309 e. The second-order valence-corrected chi connectivity index (χ2v) is 10.2. The van der Waals surface area contributed by atoms with Crippen molar-refractivity contribution in [3.63, 3.8) is 0 Å². The fraction of sp³-hybridized carbons (Fsp3) is 0.950. The second kappa shape index (κ2) is 4.53. The van der Waals surface area contributed by atoms with E-state index in [-0.39, 0.29) is 0 Å². The molecule has 0 aliphatic heterocycles. The molecular formula is C20H32O3. The van der Waals surface area contributed by atoms with E-state index < -0.39 is 17.0 Å². The molecule has 4 aliphatic rings. The van der Waals surface area contributed by atoms with Gasteiger partial charge in [-0.3, -0.25) is 4.79 Å². The molecule has 2 N–H and O–H groups in total. The van der Waals surface area contributed by atoms with Crippen molar-refractivity contribution in [1.82, 2.24) is 0 Å². The molecule has 7 atom stereocenters. The van der Waals surface area contributed by atoms with Crippen LogP contribution in [-0.2, 0) is 4.79 Å². The largest absolute Gasteiger partial charge is 0.481 e. The van der Waals surface area contributed by atoms with Gasteiger partial charge in [0.2, 0.25) is 0 Å². The standard InChI is InChI=1S/C20H32O3/c1-13-10-19-6-4-14-11-17(2,16(21)22)8-9-18(14,3)15(19)5-7-20(13,23)12-19/h13-15,23H,4-12H2,1-3H3,(H,21,22)/t13-,14?,15-,17+,18+,19+,20-/m0/s1. The van der Waals surface area contributed by atoms with Crippen LogP contribution in [0.2, 0.25) is 0 Å². The molecule has 0 heterocycles. The molecule has 4 fully saturated rings. The molecule has 1 unspecified atom stereocenters. The summed E-state index contributed by atoms with van der Waals surface area (Å²) in [5, 5.41) is 20.6. The summed E-state index contributed by atoms with van der Waals surface area (Å²) in [6.45, 7) is 6.66. The average Bonchev–Trinajstić information content (AvgIpc) is 2.66. The van der Waals surface area contributed by atoms with Crippen LogP contribution in [0.4, 0.5) is 0 Å². The second-order valence-electron chi connectivity index (χ2n) is 10.2. The van der Waals surface area contributed by atoms with Crippen molar-refractivity contribution >= 4 is 5.97 Å². The zero-order valence-electron chi connectivity index (χ0n) is 14.9. The van der Waals surface area contributed by atoms with Crippen molar-refractivity contribution in [3.05, 3.63) is 0 Å². The molecule has 0 aromatic rings. The van der Waals surface area contributed by atoms with Crippen LogP contribution < -0.4 is 0 Å². The summed E-state index contributed by atoms with van der Waals surface area (Å²) in [5.74, 6) is 1.07. The number of carboxylic acid groups (broad SMARTS) is 1. The number of fused-ring (bicyclic) bond motifs is 3. The Kier molecular flexibility index (Phi) is 3.14. The number of rotatable bonds is 1. The van der Waals surface area contributed by atoms with E-state index >= 15 is 0 Å². The fourth-order valence-electron chi connectivity index (χ4n) is 7.53. The number of aliphatic carboxylic acids is 1. The van der Waals surface area contributed by atoms with E-state index in [1.54, 1.807) is 0 Å². The minimum Gasteiger partial charge on any atom is -0.481 e. The highest BCUT2D eigenvalue weighted by atomic mass is 16.4. The van der Waals surface area contributed by atoms with Crippen LogP contribution in [0.3, 0.4) is 0 Å². The van der Waals surface area contributed by atoms with Crippen LogP contribution in [0.1, 0.15) is 78.6 Å². The van der Waals surface area contributed by atoms with Gasteiger partial charge in [-0.25, -0.2) is 0 Å². The molecule has 4 saturated carbocycles. The maximum atomic E-state index is 11.7. The molecule has 1 spiro atoms. The summed E-state index contributed by atoms with van der Waals surface area (Å²) in [6.07, 6.45) is 9.40. The third kappa shape index (κ3) is 1.95. The lowest BCUT2D eigenvalue weighted by atomic mass is 9.43. The Balaban J connectivity index is 1.65. The van der Waals surface area contributed by atoms with Crippen molar-refractivity contribution in [3.8, 4) is 0 Å². The van der Waals surface area contributed by atoms with Crippen LogP contribution in [0.25, 0.3) is 0 Å². The molecular weight excluding hydrogens is 288 g/mol. The third-order valence-electron chi connectivity index (χ3n) is 9.04. The highest BCUT2D eigenvalue weighted by molar-refractivity contribution is 5.74. The third-order valence-corrected chi connectivity index (χ3v) is 9.04. The van der Waals surface area contributed by atoms with Crippen molar-refractivity contribution < 1.29 is 15.0 Å². The number of carbonyl (C=O) groups is 1. The predicted molar refractivity (Wildman–Crippen MR) is 88.9 cm³/mol. The monoisotopic (exact) mass is 320 g/mol. The Morgan fingerprint density at radius 2 is 1.78 bits per heavy atom. The van der Waals surface area contributed by atoms with Gasteiger partial charge >= 0.3 is 5.97 Å². The lowest BCUT2D eigenvalue weighted by molar-refractivity contribution is -0.168. The zero-order chi connectivity index (χ0) is 16.7. The SMILES string of the molecule is C[C@H]1C[C@@]23CCC4C[C@](C)(C(=O)O)CC[C@@]4(C)[C@@H]2CC[C@]1(O)C3. The maximum absolute atomic E-state index is 11.7. The molecule has 0 saturated heterocycles. The first kappa shape index (κ1) is 15.9. The smallest absolute Gasteiger partial charge is 0.309 e. The number of aliphatic hydroxyl groups is 1. The van der Waals surface area contributed by atoms with Gasteiger partial charge in [0.15, 0.2) is 0 Å². The van der Waals surface area contributed by atoms with E-state index in [0.717, 1.165) is 38.5 Å². The van der Waals surface area contributed by atoms with Crippen LogP contribution in [0.5, 0.6) is 0 Å². The Morgan fingerprint density at radius 1 is 1.04 bits per heavy atom. The van der Waals surface area contributed by atoms with Crippen molar-refractivity contribution in [2.75, 3.05) is 0 Å². The molecule has 23 heavy (non-hydrogen) atoms. The molecule has 4 rings (SSSR count). The van der Waals surface area contributed by atoms with Gasteiger partial charge in [-0.1, -0.05) is 13.8 Å². The van der Waals surface area contributed by atoms with E-state index in [0.29, 0.717) is 28.6 Å². The lowest BCUT2D eigenvalue weighted by Crippen LogP contribution is -2.56. The van der Waals surface area contributed by atoms with Gasteiger partial charge in [-0.2, -0.15) is 0 Å². The number of carboxylic acids is 1. The van der Waals surface area contributed by atoms with Gasteiger partial charge in [-0.15, -0.1) is 0 Å². The van der Waals surface area contributed by atoms with E-state index in [1.807, 2.05) is 6.92 Å². The van der Waals surface area contributed by atoms with E-state index in [9.17, 15) is 15.0 Å². The summed E-state index contributed by atoms with van der Waals surface area (Å²) >= 11 is 0. The van der Waals surface area contributed by atoms with Gasteiger partial charge < -0.3 is 10.2 Å². The highest BCUT2D eigenvalue weighted by Crippen LogP contribution is 2.72. The van der Waals surface area contributed by atoms with Crippen LogP contribution >= 0.6 is 0 Å². The molecule has 0 radical (unpaired) electrons. The summed E-state index contributed by atoms with van der Waals surface area (Å²) in [6, 6.07) is 0. The van der Waals surface area contributed by atoms with Gasteiger partial charge in [0.1, 0.15) is 0 Å². The minimum absolute atomic E-state index is 0.290. The molecule has 2 bridgehead atoms. The first-order valence-corrected chi connectivity index (χ1v) is 9.59. The van der Waals surface area contributed by atoms with Gasteiger partial charge in [-0.05, 0) is 93.3 Å². The number of hydrogen-bond donors (Lipinski definition) is 2. The molecule has 4 aliphatic carbocycles. The zero-order valence-corrected chi connectivity index (χ0v) is 14.9. The Hall–Kier alpha value is -0.570. The summed E-state index contributed by atoms with van der Waals surface area (Å²) < 4.78 is 0. The van der Waals surface area contributed by atoms with Crippen LogP contribution in [0.15, 0.2) is 0 Å². The van der Waals surface area contributed by atoms with E-state index in [1.165, 1.54) is 19.3 Å². The van der Waals surface area contributed by atoms with Gasteiger partial charge in [0.25, 0.3) is 0 Å². The first-order chi connectivity index (χ1) is 10.6. The summed E-state index contributed by atoms with van der Waals surface area (Å²) in [7, 11) is 0. The average molecular weight is 320 g/mol. The normalized spacial score (nSPS) is 58.3. The van der Waals surface area contributed by atoms with Crippen molar-refractivity contribution in [2.24, 2.45) is 34.0 Å². The summed E-state index contributed by atoms with van der Waals surface area (Å²) in [4.78, 5) is 11.7. The molecule has 0 amide bonds. The number of hydrogen-bond acceptors (Lipinski definition) is 2. The Morgan fingerprint density at radius 3 is 2.48 bits per heavy atom. The van der Waals surface area contributed by atoms with Crippen molar-refractivity contribution in [2.45, 2.75) is 84.2 Å². The van der Waals surface area contributed by atoms with Gasteiger partial charge in [0, 0.05) is 0 Å². The predicted octanol–water partition coefficient (Wildman–Crippen LogP) is 4.23. The van der Waals surface area contributed by atoms with Gasteiger partial charge in [0.05, 0.1) is 11.0 Å². The Labute approximate surface area is 139 Å². The molecule has 0 aromatic carbocycles. The minimum atomic E-state index is -0.604. The van der Waals surface area contributed by atoms with E-state index in [2.05, 4.69) is 13.8 Å². The first-order valence-electron chi connectivity index (χ1n) is 9.59. The molecule has 130 valence electrons. The van der Waals surface area contributed by atoms with Crippen molar-refractivity contribution in [1.29, 1.82) is 0 Å². The van der Waals surface area contributed by atoms with Crippen LogP contribution in [0, 0.1) is 34.0 Å². The molecule has 3 heteroatoms. The van der Waals surface area contributed by atoms with Crippen LogP contribution in [-0.4, -0.2) is 21.8 Å².